The molecule has 5 nitrogen and oxygen atoms in total. The van der Waals surface area contributed by atoms with Gasteiger partial charge in [-0.1, -0.05) is 12.1 Å². The Morgan fingerprint density at radius 1 is 1.14 bits per heavy atom. The molecule has 0 aromatic heterocycles. The zero-order valence-electron chi connectivity index (χ0n) is 15.7. The zero-order chi connectivity index (χ0) is 20.0. The molecule has 154 valence electrons. The third-order valence-electron chi connectivity index (χ3n) is 3.82. The first kappa shape index (κ1) is 23.6. The molecule has 0 saturated heterocycles. The summed E-state index contributed by atoms with van der Waals surface area (Å²) in [4.78, 5) is 12.8. The van der Waals surface area contributed by atoms with Gasteiger partial charge in [-0.15, -0.1) is 12.4 Å². The Morgan fingerprint density at radius 2 is 1.79 bits per heavy atom. The maximum absolute atomic E-state index is 13.6. The summed E-state index contributed by atoms with van der Waals surface area (Å²) < 4.78 is 50.3. The summed E-state index contributed by atoms with van der Waals surface area (Å²) in [6.07, 6.45) is -0.0593. The molecule has 0 saturated carbocycles. The normalized spacial score (nSPS) is 11.4. The molecule has 2 rings (SSSR count). The maximum atomic E-state index is 13.6. The SMILES string of the molecule is CNC(CCOc1cc(F)cc(F)c1F)c1ccc(OC(=O)N(C)C)cc1.Cl. The summed E-state index contributed by atoms with van der Waals surface area (Å²) in [5.74, 6) is -3.48. The summed E-state index contributed by atoms with van der Waals surface area (Å²) in [5, 5.41) is 3.08. The number of carbonyl (C=O) groups excluding carboxylic acids is 1. The maximum Gasteiger partial charge on any atom is 0.414 e. The van der Waals surface area contributed by atoms with E-state index < -0.39 is 29.3 Å². The highest BCUT2D eigenvalue weighted by Gasteiger charge is 2.15. The van der Waals surface area contributed by atoms with Crippen molar-refractivity contribution in [2.75, 3.05) is 27.7 Å². The van der Waals surface area contributed by atoms with Crippen molar-refractivity contribution in [3.8, 4) is 11.5 Å². The molecule has 0 aliphatic rings. The van der Waals surface area contributed by atoms with Crippen LogP contribution in [-0.4, -0.2) is 38.7 Å². The Kier molecular flexibility index (Phi) is 9.08. The first-order valence-electron chi connectivity index (χ1n) is 8.25. The summed E-state index contributed by atoms with van der Waals surface area (Å²) >= 11 is 0. The van der Waals surface area contributed by atoms with Crippen LogP contribution in [0.2, 0.25) is 0 Å². The zero-order valence-corrected chi connectivity index (χ0v) is 16.5. The van der Waals surface area contributed by atoms with E-state index in [0.29, 0.717) is 18.2 Å². The van der Waals surface area contributed by atoms with Gasteiger partial charge in [0.25, 0.3) is 0 Å². The first-order valence-corrected chi connectivity index (χ1v) is 8.25. The number of carbonyl (C=O) groups is 1. The minimum atomic E-state index is -1.29. The molecule has 2 aromatic carbocycles. The lowest BCUT2D eigenvalue weighted by atomic mass is 10.0. The van der Waals surface area contributed by atoms with Crippen molar-refractivity contribution in [2.24, 2.45) is 0 Å². The van der Waals surface area contributed by atoms with Crippen LogP contribution in [0, 0.1) is 17.5 Å². The van der Waals surface area contributed by atoms with E-state index in [-0.39, 0.29) is 25.1 Å². The Balaban J connectivity index is 0.00000392. The van der Waals surface area contributed by atoms with Crippen LogP contribution in [0.5, 0.6) is 11.5 Å². The second-order valence-electron chi connectivity index (χ2n) is 6.01. The molecular formula is C19H22ClF3N2O3. The number of benzene rings is 2. The Hall–Kier alpha value is -2.45. The van der Waals surface area contributed by atoms with Crippen molar-refractivity contribution in [2.45, 2.75) is 12.5 Å². The van der Waals surface area contributed by atoms with Crippen molar-refractivity contribution in [1.29, 1.82) is 0 Å². The minimum Gasteiger partial charge on any atom is -0.490 e. The quantitative estimate of drug-likeness (QED) is 0.680. The Morgan fingerprint density at radius 3 is 2.36 bits per heavy atom. The lowest BCUT2D eigenvalue weighted by molar-refractivity contribution is 0.172. The molecule has 0 spiro atoms. The van der Waals surface area contributed by atoms with E-state index in [1.165, 1.54) is 4.90 Å². The smallest absolute Gasteiger partial charge is 0.414 e. The van der Waals surface area contributed by atoms with Gasteiger partial charge in [0, 0.05) is 38.7 Å². The van der Waals surface area contributed by atoms with Crippen molar-refractivity contribution >= 4 is 18.5 Å². The predicted octanol–water partition coefficient (Wildman–Crippen LogP) is 4.32. The van der Waals surface area contributed by atoms with E-state index in [1.54, 1.807) is 45.4 Å². The highest BCUT2D eigenvalue weighted by atomic mass is 35.5. The standard InChI is InChI=1S/C19H21F3N2O3.ClH/c1-23-16(8-9-26-17-11-13(20)10-15(21)18(17)22)12-4-6-14(7-5-12)27-19(25)24(2)3;/h4-7,10-11,16,23H,8-9H2,1-3H3;1H. The molecule has 0 radical (unpaired) electrons. The van der Waals surface area contributed by atoms with Crippen LogP contribution in [0.1, 0.15) is 18.0 Å². The third-order valence-corrected chi connectivity index (χ3v) is 3.82. The number of hydrogen-bond acceptors (Lipinski definition) is 4. The van der Waals surface area contributed by atoms with Gasteiger partial charge in [0.05, 0.1) is 6.61 Å². The number of halogens is 4. The minimum absolute atomic E-state index is 0. The number of hydrogen-bond donors (Lipinski definition) is 1. The highest BCUT2D eigenvalue weighted by Crippen LogP contribution is 2.24. The van der Waals surface area contributed by atoms with E-state index in [4.69, 9.17) is 9.47 Å². The van der Waals surface area contributed by atoms with Crippen molar-refractivity contribution in [3.63, 3.8) is 0 Å². The summed E-state index contributed by atoms with van der Waals surface area (Å²) in [7, 11) is 4.91. The largest absolute Gasteiger partial charge is 0.490 e. The van der Waals surface area contributed by atoms with Gasteiger partial charge in [0.2, 0.25) is 5.82 Å². The fourth-order valence-corrected chi connectivity index (χ4v) is 2.36. The van der Waals surface area contributed by atoms with Crippen molar-refractivity contribution < 1.29 is 27.4 Å². The van der Waals surface area contributed by atoms with Gasteiger partial charge in [-0.25, -0.2) is 13.6 Å². The second kappa shape index (κ2) is 10.8. The van der Waals surface area contributed by atoms with Gasteiger partial charge in [-0.2, -0.15) is 4.39 Å². The van der Waals surface area contributed by atoms with Crippen molar-refractivity contribution in [1.82, 2.24) is 10.2 Å². The van der Waals surface area contributed by atoms with Crippen LogP contribution in [0.4, 0.5) is 18.0 Å². The molecular weight excluding hydrogens is 397 g/mol. The van der Waals surface area contributed by atoms with Crippen LogP contribution in [0.15, 0.2) is 36.4 Å². The van der Waals surface area contributed by atoms with Gasteiger partial charge < -0.3 is 19.7 Å². The van der Waals surface area contributed by atoms with Gasteiger partial charge in [-0.3, -0.25) is 0 Å². The highest BCUT2D eigenvalue weighted by molar-refractivity contribution is 5.85. The average molecular weight is 419 g/mol. The van der Waals surface area contributed by atoms with Gasteiger partial charge in [0.15, 0.2) is 11.6 Å². The molecule has 1 atom stereocenters. The van der Waals surface area contributed by atoms with E-state index in [9.17, 15) is 18.0 Å². The molecule has 0 aliphatic heterocycles. The summed E-state index contributed by atoms with van der Waals surface area (Å²) in [6, 6.07) is 7.99. The number of rotatable bonds is 7. The number of nitrogens with one attached hydrogen (secondary N) is 1. The number of amides is 1. The molecule has 2 aromatic rings. The topological polar surface area (TPSA) is 50.8 Å². The monoisotopic (exact) mass is 418 g/mol. The van der Waals surface area contributed by atoms with Crippen LogP contribution < -0.4 is 14.8 Å². The average Bonchev–Trinajstić information content (AvgIpc) is 2.63. The van der Waals surface area contributed by atoms with E-state index >= 15 is 0 Å². The lowest BCUT2D eigenvalue weighted by Gasteiger charge is -2.18. The molecule has 9 heteroatoms. The number of ether oxygens (including phenoxy) is 2. The van der Waals surface area contributed by atoms with E-state index in [2.05, 4.69) is 5.32 Å². The molecule has 1 unspecified atom stereocenters. The molecule has 1 amide bonds. The predicted molar refractivity (Wildman–Crippen MR) is 102 cm³/mol. The van der Waals surface area contributed by atoms with Gasteiger partial charge in [-0.05, 0) is 24.7 Å². The second-order valence-corrected chi connectivity index (χ2v) is 6.01. The van der Waals surface area contributed by atoms with E-state index in [0.717, 1.165) is 11.6 Å². The summed E-state index contributed by atoms with van der Waals surface area (Å²) in [5.41, 5.74) is 0.886. The van der Waals surface area contributed by atoms with Gasteiger partial charge >= 0.3 is 6.09 Å². The number of nitrogens with zero attached hydrogens (tertiary/aromatic N) is 1. The van der Waals surface area contributed by atoms with Crippen LogP contribution >= 0.6 is 12.4 Å². The van der Waals surface area contributed by atoms with Crippen LogP contribution in [0.25, 0.3) is 0 Å². The fourth-order valence-electron chi connectivity index (χ4n) is 2.36. The summed E-state index contributed by atoms with van der Waals surface area (Å²) in [6.45, 7) is 0.0443. The Bertz CT molecular complexity index is 789. The Labute approximate surface area is 167 Å². The molecule has 0 heterocycles. The van der Waals surface area contributed by atoms with Gasteiger partial charge in [0.1, 0.15) is 11.6 Å². The molecule has 1 N–H and O–H groups in total. The molecule has 0 bridgehead atoms. The first-order chi connectivity index (χ1) is 12.8. The van der Waals surface area contributed by atoms with Crippen LogP contribution in [-0.2, 0) is 0 Å². The van der Waals surface area contributed by atoms with Crippen LogP contribution in [0.3, 0.4) is 0 Å². The molecule has 28 heavy (non-hydrogen) atoms. The fraction of sp³-hybridized carbons (Fsp3) is 0.316. The third kappa shape index (κ3) is 6.31. The van der Waals surface area contributed by atoms with Crippen molar-refractivity contribution in [3.05, 3.63) is 59.4 Å². The lowest BCUT2D eigenvalue weighted by Crippen LogP contribution is -2.25. The molecule has 0 fully saturated rings. The molecule has 0 aliphatic carbocycles. The van der Waals surface area contributed by atoms with E-state index in [1.807, 2.05) is 0 Å².